The Kier molecular flexibility index (Phi) is 4.00. The molecule has 0 aliphatic heterocycles. The van der Waals surface area contributed by atoms with Gasteiger partial charge in [-0.05, 0) is 36.4 Å². The predicted octanol–water partition coefficient (Wildman–Crippen LogP) is 4.86. The van der Waals surface area contributed by atoms with E-state index in [0.717, 1.165) is 0 Å². The molecular weight excluding hydrogens is 330 g/mol. The lowest BCUT2D eigenvalue weighted by molar-refractivity contribution is 0.386. The highest BCUT2D eigenvalue weighted by Gasteiger charge is 2.15. The standard InChI is InChI=1S/C15H9Cl2FN2O2/c1-21-13-5-2-8(6-12(13)18)14-19-20-15(22-14)10-4-3-9(16)7-11(10)17/h2-7H,1H3. The second-order valence-corrected chi connectivity index (χ2v) is 5.23. The van der Waals surface area contributed by atoms with Crippen LogP contribution >= 0.6 is 23.2 Å². The molecule has 0 unspecified atom stereocenters. The second kappa shape index (κ2) is 5.94. The third-order valence-corrected chi connectivity index (χ3v) is 3.53. The van der Waals surface area contributed by atoms with Gasteiger partial charge >= 0.3 is 0 Å². The molecule has 0 atom stereocenters. The molecule has 3 aromatic rings. The minimum Gasteiger partial charge on any atom is -0.494 e. The Labute approximate surface area is 135 Å². The van der Waals surface area contributed by atoms with Crippen LogP contribution in [-0.4, -0.2) is 17.3 Å². The number of hydrogen-bond acceptors (Lipinski definition) is 4. The van der Waals surface area contributed by atoms with Crippen molar-refractivity contribution in [2.45, 2.75) is 0 Å². The van der Waals surface area contributed by atoms with Gasteiger partial charge in [0.15, 0.2) is 11.6 Å². The van der Waals surface area contributed by atoms with Crippen LogP contribution in [0.25, 0.3) is 22.9 Å². The molecule has 7 heteroatoms. The third kappa shape index (κ3) is 2.77. The summed E-state index contributed by atoms with van der Waals surface area (Å²) < 4.78 is 24.1. The first kappa shape index (κ1) is 14.8. The van der Waals surface area contributed by atoms with Gasteiger partial charge in [0.05, 0.1) is 17.7 Å². The molecule has 0 amide bonds. The molecule has 0 bridgehead atoms. The van der Waals surface area contributed by atoms with Gasteiger partial charge < -0.3 is 9.15 Å². The topological polar surface area (TPSA) is 48.2 Å². The minimum atomic E-state index is -0.510. The van der Waals surface area contributed by atoms with Crippen molar-refractivity contribution in [2.75, 3.05) is 7.11 Å². The molecule has 0 fully saturated rings. The van der Waals surface area contributed by atoms with Crippen LogP contribution in [0.2, 0.25) is 10.0 Å². The fraction of sp³-hybridized carbons (Fsp3) is 0.0667. The Morgan fingerprint density at radius 1 is 1.05 bits per heavy atom. The molecule has 0 N–H and O–H groups in total. The zero-order valence-electron chi connectivity index (χ0n) is 11.3. The molecule has 1 aromatic heterocycles. The highest BCUT2D eigenvalue weighted by Crippen LogP contribution is 2.32. The van der Waals surface area contributed by atoms with Crippen LogP contribution < -0.4 is 4.74 Å². The summed E-state index contributed by atoms with van der Waals surface area (Å²) in [5.41, 5.74) is 1.00. The monoisotopic (exact) mass is 338 g/mol. The van der Waals surface area contributed by atoms with Crippen molar-refractivity contribution >= 4 is 23.2 Å². The largest absolute Gasteiger partial charge is 0.494 e. The maximum atomic E-state index is 13.7. The fourth-order valence-electron chi connectivity index (χ4n) is 1.91. The summed E-state index contributed by atoms with van der Waals surface area (Å²) in [5.74, 6) is 0.0453. The maximum absolute atomic E-state index is 13.7. The van der Waals surface area contributed by atoms with Crippen LogP contribution in [0.1, 0.15) is 0 Å². The van der Waals surface area contributed by atoms with Crippen LogP contribution in [0, 0.1) is 5.82 Å². The van der Waals surface area contributed by atoms with E-state index >= 15 is 0 Å². The van der Waals surface area contributed by atoms with Gasteiger partial charge in [0.25, 0.3) is 0 Å². The molecule has 112 valence electrons. The summed E-state index contributed by atoms with van der Waals surface area (Å²) in [6, 6.07) is 9.30. The van der Waals surface area contributed by atoms with Gasteiger partial charge in [-0.15, -0.1) is 10.2 Å². The molecule has 0 aliphatic rings. The van der Waals surface area contributed by atoms with E-state index in [2.05, 4.69) is 10.2 Å². The van der Waals surface area contributed by atoms with Crippen molar-refractivity contribution in [1.82, 2.24) is 10.2 Å². The van der Waals surface area contributed by atoms with Crippen molar-refractivity contribution in [2.24, 2.45) is 0 Å². The number of ether oxygens (including phenoxy) is 1. The number of aromatic nitrogens is 2. The number of nitrogens with zero attached hydrogens (tertiary/aromatic N) is 2. The van der Waals surface area contributed by atoms with E-state index in [0.29, 0.717) is 21.2 Å². The first-order valence-corrected chi connectivity index (χ1v) is 6.97. The van der Waals surface area contributed by atoms with E-state index < -0.39 is 5.82 Å². The predicted molar refractivity (Wildman–Crippen MR) is 81.7 cm³/mol. The highest BCUT2D eigenvalue weighted by atomic mass is 35.5. The van der Waals surface area contributed by atoms with Gasteiger partial charge in [-0.3, -0.25) is 0 Å². The number of benzene rings is 2. The molecule has 0 saturated carbocycles. The Morgan fingerprint density at radius 2 is 1.82 bits per heavy atom. The zero-order chi connectivity index (χ0) is 15.7. The van der Waals surface area contributed by atoms with Gasteiger partial charge in [0.2, 0.25) is 11.8 Å². The van der Waals surface area contributed by atoms with Crippen LogP contribution in [-0.2, 0) is 0 Å². The summed E-state index contributed by atoms with van der Waals surface area (Å²) in [5, 5.41) is 8.73. The van der Waals surface area contributed by atoms with E-state index in [-0.39, 0.29) is 17.5 Å². The lowest BCUT2D eigenvalue weighted by Gasteiger charge is -2.02. The van der Waals surface area contributed by atoms with Gasteiger partial charge in [-0.2, -0.15) is 0 Å². The fourth-order valence-corrected chi connectivity index (χ4v) is 2.40. The summed E-state index contributed by atoms with van der Waals surface area (Å²) in [6.07, 6.45) is 0. The van der Waals surface area contributed by atoms with Gasteiger partial charge in [-0.25, -0.2) is 4.39 Å². The Bertz CT molecular complexity index is 836. The number of rotatable bonds is 3. The minimum absolute atomic E-state index is 0.143. The molecule has 4 nitrogen and oxygen atoms in total. The Hall–Kier alpha value is -2.11. The molecule has 0 aliphatic carbocycles. The van der Waals surface area contributed by atoms with Crippen molar-refractivity contribution in [3.05, 3.63) is 52.3 Å². The summed E-state index contributed by atoms with van der Waals surface area (Å²) in [6.45, 7) is 0. The molecule has 1 heterocycles. The summed E-state index contributed by atoms with van der Waals surface area (Å²) in [7, 11) is 1.39. The summed E-state index contributed by atoms with van der Waals surface area (Å²) >= 11 is 11.9. The maximum Gasteiger partial charge on any atom is 0.249 e. The lowest BCUT2D eigenvalue weighted by Crippen LogP contribution is -1.88. The van der Waals surface area contributed by atoms with Gasteiger partial charge in [0.1, 0.15) is 0 Å². The van der Waals surface area contributed by atoms with Crippen molar-refractivity contribution in [3.8, 4) is 28.7 Å². The lowest BCUT2D eigenvalue weighted by atomic mass is 10.2. The van der Waals surface area contributed by atoms with Gasteiger partial charge in [-0.1, -0.05) is 23.2 Å². The molecule has 0 spiro atoms. The van der Waals surface area contributed by atoms with Gasteiger partial charge in [0, 0.05) is 10.6 Å². The summed E-state index contributed by atoms with van der Waals surface area (Å²) in [4.78, 5) is 0. The first-order valence-electron chi connectivity index (χ1n) is 6.21. The smallest absolute Gasteiger partial charge is 0.249 e. The number of methoxy groups -OCH3 is 1. The van der Waals surface area contributed by atoms with E-state index in [4.69, 9.17) is 32.4 Å². The normalized spacial score (nSPS) is 10.7. The first-order chi connectivity index (χ1) is 10.6. The van der Waals surface area contributed by atoms with Crippen LogP contribution in [0.5, 0.6) is 5.75 Å². The van der Waals surface area contributed by atoms with Crippen molar-refractivity contribution in [1.29, 1.82) is 0 Å². The van der Waals surface area contributed by atoms with Crippen LogP contribution in [0.15, 0.2) is 40.8 Å². The Morgan fingerprint density at radius 3 is 2.50 bits per heavy atom. The molecule has 0 saturated heterocycles. The van der Waals surface area contributed by atoms with Crippen molar-refractivity contribution in [3.63, 3.8) is 0 Å². The zero-order valence-corrected chi connectivity index (χ0v) is 12.8. The number of hydrogen-bond donors (Lipinski definition) is 0. The van der Waals surface area contributed by atoms with Crippen molar-refractivity contribution < 1.29 is 13.5 Å². The van der Waals surface area contributed by atoms with E-state index in [1.165, 1.54) is 19.2 Å². The average Bonchev–Trinajstić information content (AvgIpc) is 2.96. The highest BCUT2D eigenvalue weighted by molar-refractivity contribution is 6.36. The second-order valence-electron chi connectivity index (χ2n) is 4.39. The molecule has 3 rings (SSSR count). The van der Waals surface area contributed by atoms with Crippen LogP contribution in [0.3, 0.4) is 0 Å². The average molecular weight is 339 g/mol. The molecule has 22 heavy (non-hydrogen) atoms. The Balaban J connectivity index is 1.98. The third-order valence-electron chi connectivity index (χ3n) is 2.99. The molecule has 0 radical (unpaired) electrons. The van der Waals surface area contributed by atoms with E-state index in [1.807, 2.05) is 0 Å². The SMILES string of the molecule is COc1ccc(-c2nnc(-c3ccc(Cl)cc3Cl)o2)cc1F. The quantitative estimate of drug-likeness (QED) is 0.684. The molecular formula is C15H9Cl2FN2O2. The van der Waals surface area contributed by atoms with Crippen LogP contribution in [0.4, 0.5) is 4.39 Å². The number of halogens is 3. The van der Waals surface area contributed by atoms with E-state index in [1.54, 1.807) is 24.3 Å². The molecule has 2 aromatic carbocycles. The van der Waals surface area contributed by atoms with E-state index in [9.17, 15) is 4.39 Å².